The molecule has 3 nitrogen and oxygen atoms in total. The summed E-state index contributed by atoms with van der Waals surface area (Å²) in [5.41, 5.74) is 5.16. The molecule has 0 radical (unpaired) electrons. The fourth-order valence-electron chi connectivity index (χ4n) is 1.45. The minimum absolute atomic E-state index is 0.301. The molecule has 0 aliphatic carbocycles. The van der Waals surface area contributed by atoms with Gasteiger partial charge in [-0.2, -0.15) is 0 Å². The van der Waals surface area contributed by atoms with Gasteiger partial charge in [-0.25, -0.2) is 4.79 Å². The second-order valence-electron chi connectivity index (χ2n) is 4.57. The molecule has 0 aliphatic rings. The number of hydrogen-bond acceptors (Lipinski definition) is 3. The summed E-state index contributed by atoms with van der Waals surface area (Å²) in [6.45, 7) is 11.0. The van der Waals surface area contributed by atoms with Crippen LogP contribution < -0.4 is 5.73 Å². The Bertz CT molecular complexity index is 219. The third-order valence-electron chi connectivity index (χ3n) is 2.18. The van der Waals surface area contributed by atoms with Crippen LogP contribution in [0, 0.1) is 0 Å². The molecular formula is C11H21NO2. The number of carbonyl (C=O) groups excluding carboxylic acids is 1. The highest BCUT2D eigenvalue weighted by Gasteiger charge is 2.30. The van der Waals surface area contributed by atoms with Crippen molar-refractivity contribution in [1.82, 2.24) is 0 Å². The van der Waals surface area contributed by atoms with Gasteiger partial charge in [-0.15, -0.1) is 0 Å². The standard InChI is InChI=1S/C11H21NO2/c1-6-9(13)14-10(3,4)8-11(5,12)7-2/h6H,1,7-8,12H2,2-5H3. The summed E-state index contributed by atoms with van der Waals surface area (Å²) in [5, 5.41) is 0. The van der Waals surface area contributed by atoms with Crippen molar-refractivity contribution in [1.29, 1.82) is 0 Å². The summed E-state index contributed by atoms with van der Waals surface area (Å²) in [5.74, 6) is -0.401. The molecule has 0 saturated heterocycles. The SMILES string of the molecule is C=CC(=O)OC(C)(C)CC(C)(N)CC. The zero-order chi connectivity index (χ0) is 11.4. The summed E-state index contributed by atoms with van der Waals surface area (Å²) in [6, 6.07) is 0. The van der Waals surface area contributed by atoms with E-state index in [2.05, 4.69) is 6.58 Å². The first-order chi connectivity index (χ1) is 6.22. The molecule has 0 rings (SSSR count). The number of nitrogens with two attached hydrogens (primary N) is 1. The molecule has 0 amide bonds. The molecule has 0 bridgehead atoms. The largest absolute Gasteiger partial charge is 0.456 e. The number of carbonyl (C=O) groups is 1. The second kappa shape index (κ2) is 4.60. The third-order valence-corrected chi connectivity index (χ3v) is 2.18. The van der Waals surface area contributed by atoms with Gasteiger partial charge in [-0.3, -0.25) is 0 Å². The molecule has 0 aromatic rings. The van der Waals surface area contributed by atoms with Crippen molar-refractivity contribution in [2.75, 3.05) is 0 Å². The van der Waals surface area contributed by atoms with E-state index in [0.29, 0.717) is 6.42 Å². The summed E-state index contributed by atoms with van der Waals surface area (Å²) in [6.07, 6.45) is 2.65. The lowest BCUT2D eigenvalue weighted by Crippen LogP contribution is -2.44. The predicted octanol–water partition coefficient (Wildman–Crippen LogP) is 2.01. The Balaban J connectivity index is 4.33. The summed E-state index contributed by atoms with van der Waals surface area (Å²) < 4.78 is 5.19. The third kappa shape index (κ3) is 5.02. The van der Waals surface area contributed by atoms with E-state index in [1.165, 1.54) is 6.08 Å². The molecule has 2 N–H and O–H groups in total. The van der Waals surface area contributed by atoms with Gasteiger partial charge in [0.15, 0.2) is 0 Å². The van der Waals surface area contributed by atoms with Crippen LogP contribution in [0.25, 0.3) is 0 Å². The molecule has 14 heavy (non-hydrogen) atoms. The van der Waals surface area contributed by atoms with Crippen molar-refractivity contribution in [2.24, 2.45) is 5.73 Å². The lowest BCUT2D eigenvalue weighted by atomic mass is 9.86. The smallest absolute Gasteiger partial charge is 0.330 e. The molecule has 0 aliphatic heterocycles. The molecule has 0 fully saturated rings. The number of esters is 1. The Morgan fingerprint density at radius 2 is 2.00 bits per heavy atom. The molecular weight excluding hydrogens is 178 g/mol. The fourth-order valence-corrected chi connectivity index (χ4v) is 1.45. The zero-order valence-corrected chi connectivity index (χ0v) is 9.59. The van der Waals surface area contributed by atoms with Crippen molar-refractivity contribution in [3.05, 3.63) is 12.7 Å². The van der Waals surface area contributed by atoms with Gasteiger partial charge in [0.1, 0.15) is 5.60 Å². The van der Waals surface area contributed by atoms with Gasteiger partial charge in [0, 0.05) is 18.0 Å². The number of ether oxygens (including phenoxy) is 1. The van der Waals surface area contributed by atoms with E-state index in [-0.39, 0.29) is 5.54 Å². The Morgan fingerprint density at radius 3 is 2.36 bits per heavy atom. The lowest BCUT2D eigenvalue weighted by Gasteiger charge is -2.33. The Morgan fingerprint density at radius 1 is 1.50 bits per heavy atom. The molecule has 0 aromatic heterocycles. The van der Waals surface area contributed by atoms with E-state index in [0.717, 1.165) is 6.42 Å². The minimum atomic E-state index is -0.537. The minimum Gasteiger partial charge on any atom is -0.456 e. The van der Waals surface area contributed by atoms with Gasteiger partial charge >= 0.3 is 5.97 Å². The first-order valence-electron chi connectivity index (χ1n) is 4.87. The fraction of sp³-hybridized carbons (Fsp3) is 0.727. The van der Waals surface area contributed by atoms with E-state index < -0.39 is 11.6 Å². The topological polar surface area (TPSA) is 52.3 Å². The highest BCUT2D eigenvalue weighted by atomic mass is 16.6. The highest BCUT2D eigenvalue weighted by Crippen LogP contribution is 2.24. The van der Waals surface area contributed by atoms with Crippen LogP contribution >= 0.6 is 0 Å². The van der Waals surface area contributed by atoms with E-state index in [1.54, 1.807) is 0 Å². The van der Waals surface area contributed by atoms with Crippen molar-refractivity contribution < 1.29 is 9.53 Å². The molecule has 1 atom stereocenters. The quantitative estimate of drug-likeness (QED) is 0.544. The summed E-state index contributed by atoms with van der Waals surface area (Å²) in [7, 11) is 0. The molecule has 0 spiro atoms. The average Bonchev–Trinajstić information content (AvgIpc) is 2.01. The van der Waals surface area contributed by atoms with Crippen LogP contribution in [0.1, 0.15) is 40.5 Å². The Labute approximate surface area is 86.3 Å². The second-order valence-corrected chi connectivity index (χ2v) is 4.57. The normalized spacial score (nSPS) is 15.8. The molecule has 1 unspecified atom stereocenters. The maximum absolute atomic E-state index is 11.0. The first kappa shape index (κ1) is 13.2. The van der Waals surface area contributed by atoms with Gasteiger partial charge in [0.2, 0.25) is 0 Å². The summed E-state index contributed by atoms with van der Waals surface area (Å²) >= 11 is 0. The predicted molar refractivity (Wildman–Crippen MR) is 57.9 cm³/mol. The summed E-state index contributed by atoms with van der Waals surface area (Å²) in [4.78, 5) is 11.0. The van der Waals surface area contributed by atoms with Crippen molar-refractivity contribution >= 4 is 5.97 Å². The van der Waals surface area contributed by atoms with Gasteiger partial charge < -0.3 is 10.5 Å². The zero-order valence-electron chi connectivity index (χ0n) is 9.59. The van der Waals surface area contributed by atoms with Crippen molar-refractivity contribution in [2.45, 2.75) is 51.7 Å². The van der Waals surface area contributed by atoms with Crippen LogP contribution in [-0.4, -0.2) is 17.1 Å². The molecule has 3 heteroatoms. The number of rotatable bonds is 5. The maximum atomic E-state index is 11.0. The highest BCUT2D eigenvalue weighted by molar-refractivity contribution is 5.81. The number of hydrogen-bond donors (Lipinski definition) is 1. The van der Waals surface area contributed by atoms with E-state index in [1.807, 2.05) is 27.7 Å². The van der Waals surface area contributed by atoms with Crippen LogP contribution in [-0.2, 0) is 9.53 Å². The van der Waals surface area contributed by atoms with Crippen LogP contribution in [0.3, 0.4) is 0 Å². The van der Waals surface area contributed by atoms with E-state index >= 15 is 0 Å². The van der Waals surface area contributed by atoms with E-state index in [4.69, 9.17) is 10.5 Å². The van der Waals surface area contributed by atoms with Crippen LogP contribution in [0.5, 0.6) is 0 Å². The molecule has 0 aromatic carbocycles. The van der Waals surface area contributed by atoms with Crippen LogP contribution in [0.15, 0.2) is 12.7 Å². The Hall–Kier alpha value is -0.830. The van der Waals surface area contributed by atoms with E-state index in [9.17, 15) is 4.79 Å². The molecule has 82 valence electrons. The van der Waals surface area contributed by atoms with Gasteiger partial charge in [-0.1, -0.05) is 13.5 Å². The molecule has 0 heterocycles. The van der Waals surface area contributed by atoms with Gasteiger partial charge in [0.05, 0.1) is 0 Å². The average molecular weight is 199 g/mol. The molecule has 0 saturated carbocycles. The monoisotopic (exact) mass is 199 g/mol. The van der Waals surface area contributed by atoms with Crippen molar-refractivity contribution in [3.63, 3.8) is 0 Å². The van der Waals surface area contributed by atoms with Crippen LogP contribution in [0.4, 0.5) is 0 Å². The van der Waals surface area contributed by atoms with Crippen molar-refractivity contribution in [3.8, 4) is 0 Å². The lowest BCUT2D eigenvalue weighted by molar-refractivity contribution is -0.151. The maximum Gasteiger partial charge on any atom is 0.330 e. The van der Waals surface area contributed by atoms with Gasteiger partial charge in [0.25, 0.3) is 0 Å². The van der Waals surface area contributed by atoms with Crippen LogP contribution in [0.2, 0.25) is 0 Å². The van der Waals surface area contributed by atoms with Gasteiger partial charge in [-0.05, 0) is 27.2 Å². The Kier molecular flexibility index (Phi) is 4.33. The first-order valence-corrected chi connectivity index (χ1v) is 4.87.